The molecule has 1 aliphatic heterocycles. The summed E-state index contributed by atoms with van der Waals surface area (Å²) in [5.74, 6) is -0.635. The molecule has 1 aromatic rings. The van der Waals surface area contributed by atoms with Crippen LogP contribution >= 0.6 is 22.9 Å². The fourth-order valence-corrected chi connectivity index (χ4v) is 3.64. The lowest BCUT2D eigenvalue weighted by Crippen LogP contribution is -2.43. The topological polar surface area (TPSA) is 40.5 Å². The first-order valence-electron chi connectivity index (χ1n) is 6.26. The second-order valence-corrected chi connectivity index (χ2v) is 6.72. The van der Waals surface area contributed by atoms with Crippen molar-refractivity contribution in [2.45, 2.75) is 32.7 Å². The van der Waals surface area contributed by atoms with Gasteiger partial charge in [0.25, 0.3) is 0 Å². The van der Waals surface area contributed by atoms with Gasteiger partial charge in [-0.25, -0.2) is 0 Å². The number of hydrogen-bond acceptors (Lipinski definition) is 3. The van der Waals surface area contributed by atoms with Crippen LogP contribution in [0.4, 0.5) is 0 Å². The third-order valence-corrected chi connectivity index (χ3v) is 5.17. The first-order valence-corrected chi connectivity index (χ1v) is 7.45. The van der Waals surface area contributed by atoms with Crippen LogP contribution in [-0.4, -0.2) is 29.1 Å². The average Bonchev–Trinajstić information content (AvgIpc) is 2.76. The molecule has 1 aromatic heterocycles. The van der Waals surface area contributed by atoms with Gasteiger partial charge in [0.1, 0.15) is 0 Å². The van der Waals surface area contributed by atoms with E-state index in [2.05, 4.69) is 4.90 Å². The van der Waals surface area contributed by atoms with Crippen LogP contribution in [0, 0.1) is 5.41 Å². The molecule has 100 valence electrons. The van der Waals surface area contributed by atoms with E-state index in [0.717, 1.165) is 43.2 Å². The summed E-state index contributed by atoms with van der Waals surface area (Å²) in [4.78, 5) is 14.9. The second-order valence-electron chi connectivity index (χ2n) is 4.92. The molecule has 0 bridgehead atoms. The molecule has 0 radical (unpaired) electrons. The van der Waals surface area contributed by atoms with Gasteiger partial charge in [-0.05, 0) is 44.5 Å². The molecular weight excluding hydrogens is 270 g/mol. The van der Waals surface area contributed by atoms with Crippen molar-refractivity contribution in [2.24, 2.45) is 5.41 Å². The van der Waals surface area contributed by atoms with E-state index < -0.39 is 11.4 Å². The Morgan fingerprint density at radius 1 is 1.50 bits per heavy atom. The first-order chi connectivity index (χ1) is 8.55. The highest BCUT2D eigenvalue weighted by Crippen LogP contribution is 2.36. The monoisotopic (exact) mass is 287 g/mol. The van der Waals surface area contributed by atoms with Crippen LogP contribution in [0.3, 0.4) is 0 Å². The highest BCUT2D eigenvalue weighted by molar-refractivity contribution is 7.16. The number of hydrogen-bond donors (Lipinski definition) is 1. The molecular formula is C13H18ClNO2S. The van der Waals surface area contributed by atoms with Crippen molar-refractivity contribution >= 4 is 28.9 Å². The predicted molar refractivity (Wildman–Crippen MR) is 74.2 cm³/mol. The van der Waals surface area contributed by atoms with E-state index in [4.69, 9.17) is 11.6 Å². The van der Waals surface area contributed by atoms with Gasteiger partial charge in [-0.3, -0.25) is 9.69 Å². The van der Waals surface area contributed by atoms with Crippen molar-refractivity contribution in [3.63, 3.8) is 0 Å². The molecule has 2 heterocycles. The summed E-state index contributed by atoms with van der Waals surface area (Å²) in [5, 5.41) is 9.33. The molecule has 0 aliphatic carbocycles. The fourth-order valence-electron chi connectivity index (χ4n) is 2.51. The van der Waals surface area contributed by atoms with Crippen LogP contribution in [0.5, 0.6) is 0 Å². The SMILES string of the molecule is CCC1(C(=O)O)CCN(Cc2ccc(Cl)s2)CC1. The zero-order valence-corrected chi connectivity index (χ0v) is 12.1. The molecule has 18 heavy (non-hydrogen) atoms. The molecule has 2 rings (SSSR count). The number of carboxylic acids is 1. The van der Waals surface area contributed by atoms with Gasteiger partial charge in [0.05, 0.1) is 9.75 Å². The summed E-state index contributed by atoms with van der Waals surface area (Å²) in [5.41, 5.74) is -0.496. The number of carboxylic acid groups (broad SMARTS) is 1. The summed E-state index contributed by atoms with van der Waals surface area (Å²) in [6.45, 7) is 4.57. The quantitative estimate of drug-likeness (QED) is 0.922. The van der Waals surface area contributed by atoms with Crippen molar-refractivity contribution in [3.8, 4) is 0 Å². The summed E-state index contributed by atoms with van der Waals surface area (Å²) in [6.07, 6.45) is 2.22. The van der Waals surface area contributed by atoms with Gasteiger partial charge in [0.15, 0.2) is 0 Å². The van der Waals surface area contributed by atoms with Crippen LogP contribution in [-0.2, 0) is 11.3 Å². The van der Waals surface area contributed by atoms with E-state index in [-0.39, 0.29) is 0 Å². The van der Waals surface area contributed by atoms with Gasteiger partial charge in [0, 0.05) is 11.4 Å². The minimum absolute atomic E-state index is 0.496. The number of halogens is 1. The summed E-state index contributed by atoms with van der Waals surface area (Å²) >= 11 is 7.51. The van der Waals surface area contributed by atoms with Crippen molar-refractivity contribution in [2.75, 3.05) is 13.1 Å². The highest BCUT2D eigenvalue weighted by atomic mass is 35.5. The van der Waals surface area contributed by atoms with E-state index in [9.17, 15) is 9.90 Å². The number of likely N-dealkylation sites (tertiary alicyclic amines) is 1. The highest BCUT2D eigenvalue weighted by Gasteiger charge is 2.39. The predicted octanol–water partition coefficient (Wildman–Crippen LogP) is 3.48. The molecule has 1 fully saturated rings. The van der Waals surface area contributed by atoms with Crippen molar-refractivity contribution in [1.82, 2.24) is 4.90 Å². The number of thiophene rings is 1. The Kier molecular flexibility index (Phi) is 4.30. The Morgan fingerprint density at radius 2 is 2.17 bits per heavy atom. The summed E-state index contributed by atoms with van der Waals surface area (Å²) in [6, 6.07) is 3.96. The van der Waals surface area contributed by atoms with Gasteiger partial charge < -0.3 is 5.11 Å². The lowest BCUT2D eigenvalue weighted by molar-refractivity contribution is -0.152. The average molecular weight is 288 g/mol. The summed E-state index contributed by atoms with van der Waals surface area (Å²) in [7, 11) is 0. The molecule has 0 spiro atoms. The van der Waals surface area contributed by atoms with Crippen LogP contribution in [0.1, 0.15) is 31.1 Å². The molecule has 0 atom stereocenters. The Labute approximate surface area is 116 Å². The Morgan fingerprint density at radius 3 is 2.61 bits per heavy atom. The Balaban J connectivity index is 1.92. The van der Waals surface area contributed by atoms with Crippen LogP contribution in [0.2, 0.25) is 4.34 Å². The lowest BCUT2D eigenvalue weighted by Gasteiger charge is -2.38. The van der Waals surface area contributed by atoms with Crippen molar-refractivity contribution in [1.29, 1.82) is 0 Å². The third-order valence-electron chi connectivity index (χ3n) is 3.95. The van der Waals surface area contributed by atoms with E-state index in [1.54, 1.807) is 11.3 Å². The lowest BCUT2D eigenvalue weighted by atomic mass is 9.76. The fraction of sp³-hybridized carbons (Fsp3) is 0.615. The first kappa shape index (κ1) is 13.8. The van der Waals surface area contributed by atoms with Crippen molar-refractivity contribution in [3.05, 3.63) is 21.3 Å². The van der Waals surface area contributed by atoms with Crippen LogP contribution in [0.25, 0.3) is 0 Å². The summed E-state index contributed by atoms with van der Waals surface area (Å²) < 4.78 is 0.815. The van der Waals surface area contributed by atoms with Gasteiger partial charge in [-0.1, -0.05) is 18.5 Å². The molecule has 5 heteroatoms. The molecule has 0 saturated carbocycles. The van der Waals surface area contributed by atoms with Crippen LogP contribution < -0.4 is 0 Å². The zero-order valence-electron chi connectivity index (χ0n) is 10.5. The Hall–Kier alpha value is -0.580. The number of nitrogens with zero attached hydrogens (tertiary/aromatic N) is 1. The standard InChI is InChI=1S/C13H18ClNO2S/c1-2-13(12(16)17)5-7-15(8-6-13)9-10-3-4-11(14)18-10/h3-4H,2,5-9H2,1H3,(H,16,17). The largest absolute Gasteiger partial charge is 0.481 e. The van der Waals surface area contributed by atoms with Crippen LogP contribution in [0.15, 0.2) is 12.1 Å². The maximum absolute atomic E-state index is 11.3. The molecule has 0 amide bonds. The van der Waals surface area contributed by atoms with E-state index in [1.807, 2.05) is 19.1 Å². The van der Waals surface area contributed by atoms with E-state index >= 15 is 0 Å². The maximum Gasteiger partial charge on any atom is 0.309 e. The van der Waals surface area contributed by atoms with Gasteiger partial charge in [0.2, 0.25) is 0 Å². The molecule has 1 N–H and O–H groups in total. The van der Waals surface area contributed by atoms with Crippen molar-refractivity contribution < 1.29 is 9.90 Å². The van der Waals surface area contributed by atoms with E-state index in [1.165, 1.54) is 4.88 Å². The number of rotatable bonds is 4. The molecule has 1 saturated heterocycles. The normalized spacial score (nSPS) is 19.9. The molecule has 3 nitrogen and oxygen atoms in total. The third kappa shape index (κ3) is 2.87. The number of piperidine rings is 1. The minimum Gasteiger partial charge on any atom is -0.481 e. The number of carbonyl (C=O) groups is 1. The smallest absolute Gasteiger partial charge is 0.309 e. The second kappa shape index (κ2) is 5.59. The maximum atomic E-state index is 11.3. The Bertz CT molecular complexity index is 424. The van der Waals surface area contributed by atoms with Gasteiger partial charge in [-0.15, -0.1) is 11.3 Å². The minimum atomic E-state index is -0.635. The number of aliphatic carboxylic acids is 1. The van der Waals surface area contributed by atoms with Gasteiger partial charge >= 0.3 is 5.97 Å². The molecule has 0 unspecified atom stereocenters. The zero-order chi connectivity index (χ0) is 13.2. The van der Waals surface area contributed by atoms with Gasteiger partial charge in [-0.2, -0.15) is 0 Å². The molecule has 1 aliphatic rings. The van der Waals surface area contributed by atoms with E-state index in [0.29, 0.717) is 0 Å². The molecule has 0 aromatic carbocycles.